The van der Waals surface area contributed by atoms with Crippen LogP contribution < -0.4 is 14.8 Å². The Morgan fingerprint density at radius 1 is 0.897 bits per heavy atom. The number of nitrogens with one attached hydrogen (secondary N) is 1. The molecule has 0 fully saturated rings. The van der Waals surface area contributed by atoms with Crippen LogP contribution in [0.3, 0.4) is 0 Å². The minimum atomic E-state index is -0.509. The second-order valence-electron chi connectivity index (χ2n) is 6.81. The van der Waals surface area contributed by atoms with Gasteiger partial charge in [0, 0.05) is 11.3 Å². The molecule has 5 heteroatoms. The number of para-hydroxylation sites is 1. The van der Waals surface area contributed by atoms with E-state index in [1.54, 1.807) is 24.3 Å². The Balaban J connectivity index is 1.55. The van der Waals surface area contributed by atoms with Gasteiger partial charge in [-0.1, -0.05) is 24.3 Å². The second kappa shape index (κ2) is 9.06. The van der Waals surface area contributed by atoms with Crippen molar-refractivity contribution in [1.82, 2.24) is 0 Å². The molecule has 0 aliphatic carbocycles. The highest BCUT2D eigenvalue weighted by atomic mass is 16.6. The zero-order valence-electron chi connectivity index (χ0n) is 16.7. The number of rotatable bonds is 6. The molecule has 3 aromatic carbocycles. The van der Waals surface area contributed by atoms with Crippen LogP contribution in [0, 0.1) is 20.8 Å². The molecule has 0 saturated heterocycles. The van der Waals surface area contributed by atoms with Gasteiger partial charge in [-0.15, -0.1) is 0 Å². The number of benzene rings is 3. The molecule has 0 radical (unpaired) electrons. The summed E-state index contributed by atoms with van der Waals surface area (Å²) < 4.78 is 10.9. The van der Waals surface area contributed by atoms with E-state index < -0.39 is 5.97 Å². The number of amides is 1. The highest BCUT2D eigenvalue weighted by Gasteiger charge is 2.11. The Bertz CT molecular complexity index is 1010. The molecule has 0 spiro atoms. The van der Waals surface area contributed by atoms with Crippen molar-refractivity contribution < 1.29 is 19.1 Å². The number of anilines is 1. The van der Waals surface area contributed by atoms with Crippen molar-refractivity contribution in [3.8, 4) is 11.5 Å². The summed E-state index contributed by atoms with van der Waals surface area (Å²) in [5, 5.41) is 2.80. The van der Waals surface area contributed by atoms with Crippen LogP contribution in [0.4, 0.5) is 5.69 Å². The van der Waals surface area contributed by atoms with Crippen molar-refractivity contribution >= 4 is 17.6 Å². The van der Waals surface area contributed by atoms with Gasteiger partial charge in [0.25, 0.3) is 5.91 Å². The van der Waals surface area contributed by atoms with Gasteiger partial charge in [-0.2, -0.15) is 0 Å². The van der Waals surface area contributed by atoms with E-state index in [-0.39, 0.29) is 12.5 Å². The lowest BCUT2D eigenvalue weighted by Gasteiger charge is -2.12. The zero-order chi connectivity index (χ0) is 20.8. The molecule has 5 nitrogen and oxygen atoms in total. The molecule has 1 amide bonds. The number of ether oxygens (including phenoxy) is 2. The summed E-state index contributed by atoms with van der Waals surface area (Å²) in [6.45, 7) is 5.74. The van der Waals surface area contributed by atoms with Crippen LogP contribution in [-0.4, -0.2) is 18.5 Å². The highest BCUT2D eigenvalue weighted by Crippen LogP contribution is 2.23. The van der Waals surface area contributed by atoms with Crippen LogP contribution >= 0.6 is 0 Å². The lowest BCUT2D eigenvalue weighted by molar-refractivity contribution is -0.136. The molecule has 0 atom stereocenters. The summed E-state index contributed by atoms with van der Waals surface area (Å²) in [6, 6.07) is 19.5. The van der Waals surface area contributed by atoms with Crippen molar-refractivity contribution in [2.45, 2.75) is 20.8 Å². The molecular formula is C24H23NO4. The first-order valence-electron chi connectivity index (χ1n) is 9.30. The van der Waals surface area contributed by atoms with E-state index in [0.717, 1.165) is 16.7 Å². The Hall–Kier alpha value is -3.60. The monoisotopic (exact) mass is 389 g/mol. The maximum Gasteiger partial charge on any atom is 0.349 e. The average Bonchev–Trinajstić information content (AvgIpc) is 2.71. The van der Waals surface area contributed by atoms with Crippen LogP contribution in [0.1, 0.15) is 27.0 Å². The van der Waals surface area contributed by atoms with E-state index in [2.05, 4.69) is 11.4 Å². The summed E-state index contributed by atoms with van der Waals surface area (Å²) in [5.74, 6) is 0.284. The quantitative estimate of drug-likeness (QED) is 0.484. The fourth-order valence-electron chi connectivity index (χ4n) is 2.85. The average molecular weight is 389 g/mol. The number of carbonyl (C=O) groups is 2. The molecule has 3 aromatic rings. The molecule has 0 aliphatic heterocycles. The van der Waals surface area contributed by atoms with Gasteiger partial charge in [-0.05, 0) is 79.9 Å². The third kappa shape index (κ3) is 5.45. The molecule has 0 aromatic heterocycles. The SMILES string of the molecule is Cc1cc(C)c(C)c(OCC(=O)Oc2ccc(C(=O)Nc3ccccc3)cc2)c1. The minimum Gasteiger partial charge on any atom is -0.482 e. The van der Waals surface area contributed by atoms with Crippen molar-refractivity contribution in [2.75, 3.05) is 11.9 Å². The number of hydrogen-bond acceptors (Lipinski definition) is 4. The highest BCUT2D eigenvalue weighted by molar-refractivity contribution is 6.04. The Kier molecular flexibility index (Phi) is 6.29. The predicted molar refractivity (Wildman–Crippen MR) is 113 cm³/mol. The molecule has 3 rings (SSSR count). The van der Waals surface area contributed by atoms with Crippen molar-refractivity contribution in [1.29, 1.82) is 0 Å². The van der Waals surface area contributed by atoms with Crippen molar-refractivity contribution in [2.24, 2.45) is 0 Å². The summed E-state index contributed by atoms with van der Waals surface area (Å²) in [4.78, 5) is 24.4. The van der Waals surface area contributed by atoms with Crippen molar-refractivity contribution in [3.05, 3.63) is 89.0 Å². The van der Waals surface area contributed by atoms with Crippen LogP contribution in [0.15, 0.2) is 66.7 Å². The number of aryl methyl sites for hydroxylation is 2. The first-order valence-corrected chi connectivity index (χ1v) is 9.30. The predicted octanol–water partition coefficient (Wildman–Crippen LogP) is 4.85. The van der Waals surface area contributed by atoms with E-state index in [4.69, 9.17) is 9.47 Å². The van der Waals surface area contributed by atoms with E-state index in [0.29, 0.717) is 22.7 Å². The number of carbonyl (C=O) groups excluding carboxylic acids is 2. The summed E-state index contributed by atoms with van der Waals surface area (Å²) in [5.41, 5.74) is 4.36. The Morgan fingerprint density at radius 3 is 2.28 bits per heavy atom. The zero-order valence-corrected chi connectivity index (χ0v) is 16.7. The van der Waals surface area contributed by atoms with Gasteiger partial charge in [0.15, 0.2) is 6.61 Å². The topological polar surface area (TPSA) is 64.6 Å². The van der Waals surface area contributed by atoms with Crippen molar-refractivity contribution in [3.63, 3.8) is 0 Å². The van der Waals surface area contributed by atoms with E-state index in [1.165, 1.54) is 0 Å². The normalized spacial score (nSPS) is 10.3. The second-order valence-corrected chi connectivity index (χ2v) is 6.81. The maximum atomic E-state index is 12.3. The summed E-state index contributed by atoms with van der Waals surface area (Å²) in [7, 11) is 0. The fourth-order valence-corrected chi connectivity index (χ4v) is 2.85. The van der Waals surface area contributed by atoms with E-state index in [9.17, 15) is 9.59 Å². The van der Waals surface area contributed by atoms with Gasteiger partial charge in [0.05, 0.1) is 0 Å². The van der Waals surface area contributed by atoms with Gasteiger partial charge in [-0.3, -0.25) is 4.79 Å². The summed E-state index contributed by atoms with van der Waals surface area (Å²) >= 11 is 0. The molecule has 0 aliphatic rings. The third-order valence-electron chi connectivity index (χ3n) is 4.49. The molecule has 0 saturated carbocycles. The maximum absolute atomic E-state index is 12.3. The lowest BCUT2D eigenvalue weighted by atomic mass is 10.1. The van der Waals surface area contributed by atoms with Gasteiger partial charge in [-0.25, -0.2) is 4.79 Å². The number of hydrogen-bond donors (Lipinski definition) is 1. The first kappa shape index (κ1) is 20.1. The molecule has 1 N–H and O–H groups in total. The fraction of sp³-hybridized carbons (Fsp3) is 0.167. The molecule has 0 heterocycles. The van der Waals surface area contributed by atoms with Gasteiger partial charge in [0.2, 0.25) is 0 Å². The minimum absolute atomic E-state index is 0.194. The molecule has 29 heavy (non-hydrogen) atoms. The van der Waals surface area contributed by atoms with Crippen LogP contribution in [0.2, 0.25) is 0 Å². The lowest BCUT2D eigenvalue weighted by Crippen LogP contribution is -2.18. The van der Waals surface area contributed by atoms with Gasteiger partial charge < -0.3 is 14.8 Å². The Morgan fingerprint density at radius 2 is 1.59 bits per heavy atom. The molecule has 148 valence electrons. The standard InChI is InChI=1S/C24H23NO4/c1-16-13-17(2)18(3)22(14-16)28-15-23(26)29-21-11-9-19(10-12-21)24(27)25-20-7-5-4-6-8-20/h4-14H,15H2,1-3H3,(H,25,27). The first-order chi connectivity index (χ1) is 13.9. The Labute approximate surface area is 170 Å². The van der Waals surface area contributed by atoms with Crippen LogP contribution in [-0.2, 0) is 4.79 Å². The molecule has 0 unspecified atom stereocenters. The number of esters is 1. The van der Waals surface area contributed by atoms with Crippen LogP contribution in [0.5, 0.6) is 11.5 Å². The van der Waals surface area contributed by atoms with Crippen LogP contribution in [0.25, 0.3) is 0 Å². The van der Waals surface area contributed by atoms with E-state index in [1.807, 2.05) is 57.2 Å². The molecule has 0 bridgehead atoms. The van der Waals surface area contributed by atoms with Gasteiger partial charge in [0.1, 0.15) is 11.5 Å². The smallest absolute Gasteiger partial charge is 0.349 e. The molecular weight excluding hydrogens is 366 g/mol. The largest absolute Gasteiger partial charge is 0.482 e. The van der Waals surface area contributed by atoms with E-state index >= 15 is 0 Å². The third-order valence-corrected chi connectivity index (χ3v) is 4.49. The van der Waals surface area contributed by atoms with Gasteiger partial charge >= 0.3 is 5.97 Å². The summed E-state index contributed by atoms with van der Waals surface area (Å²) in [6.07, 6.45) is 0.